The molecule has 7 heteroatoms. The van der Waals surface area contributed by atoms with E-state index in [1.807, 2.05) is 12.1 Å². The van der Waals surface area contributed by atoms with Crippen molar-refractivity contribution in [2.75, 3.05) is 26.7 Å². The monoisotopic (exact) mass is 426 g/mol. The zero-order chi connectivity index (χ0) is 21.7. The highest BCUT2D eigenvalue weighted by molar-refractivity contribution is 5.79. The highest BCUT2D eigenvalue weighted by Crippen LogP contribution is 2.15. The maximum absolute atomic E-state index is 5.21. The lowest BCUT2D eigenvalue weighted by Gasteiger charge is -2.11. The first-order valence-electron chi connectivity index (χ1n) is 11.9. The summed E-state index contributed by atoms with van der Waals surface area (Å²) in [4.78, 5) is 4.74. The second-order valence-corrected chi connectivity index (χ2v) is 8.09. The summed E-state index contributed by atoms with van der Waals surface area (Å²) in [6.45, 7) is 5.77. The fourth-order valence-corrected chi connectivity index (χ4v) is 3.95. The van der Waals surface area contributed by atoms with Crippen molar-refractivity contribution in [3.8, 4) is 5.75 Å². The molecule has 170 valence electrons. The van der Waals surface area contributed by atoms with Crippen LogP contribution < -0.4 is 15.4 Å². The minimum absolute atomic E-state index is 0.795. The second-order valence-electron chi connectivity index (χ2n) is 8.09. The third kappa shape index (κ3) is 7.56. The van der Waals surface area contributed by atoms with Crippen LogP contribution in [0.5, 0.6) is 5.75 Å². The van der Waals surface area contributed by atoms with E-state index >= 15 is 0 Å². The van der Waals surface area contributed by atoms with E-state index in [0.29, 0.717) is 0 Å². The number of aromatic nitrogens is 3. The van der Waals surface area contributed by atoms with Gasteiger partial charge in [0.1, 0.15) is 17.4 Å². The lowest BCUT2D eigenvalue weighted by Crippen LogP contribution is -2.37. The Labute approximate surface area is 186 Å². The Morgan fingerprint density at radius 1 is 1.03 bits per heavy atom. The number of fused-ring (bicyclic) bond motifs is 1. The van der Waals surface area contributed by atoms with Crippen LogP contribution in [-0.4, -0.2) is 47.5 Å². The Kier molecular flexibility index (Phi) is 9.67. The maximum atomic E-state index is 5.21. The van der Waals surface area contributed by atoms with E-state index in [9.17, 15) is 0 Å². The van der Waals surface area contributed by atoms with Crippen LogP contribution >= 0.6 is 0 Å². The second kappa shape index (κ2) is 13.0. The van der Waals surface area contributed by atoms with Gasteiger partial charge in [0.25, 0.3) is 0 Å². The fraction of sp³-hybridized carbons (Fsp3) is 0.625. The van der Waals surface area contributed by atoms with Crippen molar-refractivity contribution in [2.24, 2.45) is 4.99 Å². The number of ether oxygens (including phenoxy) is 1. The molecular formula is C24H38N6O. The number of benzene rings is 1. The molecule has 1 aliphatic heterocycles. The van der Waals surface area contributed by atoms with E-state index < -0.39 is 0 Å². The Hall–Kier alpha value is -2.57. The molecule has 2 aromatic rings. The summed E-state index contributed by atoms with van der Waals surface area (Å²) in [5.74, 6) is 4.12. The van der Waals surface area contributed by atoms with Crippen LogP contribution in [0.15, 0.2) is 29.3 Å². The van der Waals surface area contributed by atoms with Crippen molar-refractivity contribution in [1.82, 2.24) is 25.4 Å². The molecule has 0 atom stereocenters. The van der Waals surface area contributed by atoms with E-state index in [1.54, 1.807) is 7.11 Å². The molecule has 1 aromatic carbocycles. The SMILES string of the molecule is CCNC(=NCCCc1nnc2n1CCCCC2)NCCCCc1ccc(OC)cc1. The van der Waals surface area contributed by atoms with Gasteiger partial charge < -0.3 is 19.9 Å². The molecule has 0 spiro atoms. The number of rotatable bonds is 11. The molecule has 0 fully saturated rings. The third-order valence-corrected chi connectivity index (χ3v) is 5.70. The lowest BCUT2D eigenvalue weighted by molar-refractivity contribution is 0.414. The minimum Gasteiger partial charge on any atom is -0.497 e. The predicted molar refractivity (Wildman–Crippen MR) is 126 cm³/mol. The Morgan fingerprint density at radius 2 is 1.90 bits per heavy atom. The van der Waals surface area contributed by atoms with Gasteiger partial charge in [-0.1, -0.05) is 18.6 Å². The zero-order valence-electron chi connectivity index (χ0n) is 19.2. The predicted octanol–water partition coefficient (Wildman–Crippen LogP) is 3.52. The van der Waals surface area contributed by atoms with Gasteiger partial charge in [-0.25, -0.2) is 0 Å². The number of unbranched alkanes of at least 4 members (excludes halogenated alkanes) is 1. The van der Waals surface area contributed by atoms with Crippen molar-refractivity contribution >= 4 is 5.96 Å². The van der Waals surface area contributed by atoms with Crippen molar-refractivity contribution in [3.05, 3.63) is 41.5 Å². The standard InChI is InChI=1S/C24H38N6O/c1-3-25-24(26-17-7-6-10-20-13-15-21(31-2)16-14-20)27-18-9-12-23-29-28-22-11-5-4-8-19-30(22)23/h13-16H,3-12,17-19H2,1-2H3,(H2,25,26,27). The maximum Gasteiger partial charge on any atom is 0.191 e. The first-order valence-corrected chi connectivity index (χ1v) is 11.9. The Morgan fingerprint density at radius 3 is 2.71 bits per heavy atom. The molecule has 2 N–H and O–H groups in total. The van der Waals surface area contributed by atoms with Crippen LogP contribution in [0.3, 0.4) is 0 Å². The largest absolute Gasteiger partial charge is 0.497 e. The number of guanidine groups is 1. The van der Waals surface area contributed by atoms with Crippen molar-refractivity contribution in [2.45, 2.75) is 71.3 Å². The molecule has 7 nitrogen and oxygen atoms in total. The lowest BCUT2D eigenvalue weighted by atomic mass is 10.1. The molecule has 31 heavy (non-hydrogen) atoms. The van der Waals surface area contributed by atoms with E-state index in [-0.39, 0.29) is 0 Å². The van der Waals surface area contributed by atoms with Crippen molar-refractivity contribution in [3.63, 3.8) is 0 Å². The zero-order valence-corrected chi connectivity index (χ0v) is 19.2. The summed E-state index contributed by atoms with van der Waals surface area (Å²) in [5.41, 5.74) is 1.35. The number of hydrogen-bond acceptors (Lipinski definition) is 4. The van der Waals surface area contributed by atoms with E-state index in [2.05, 4.69) is 44.5 Å². The molecule has 0 amide bonds. The number of aliphatic imine (C=N–C) groups is 1. The van der Waals surface area contributed by atoms with Gasteiger partial charge in [-0.2, -0.15) is 0 Å². The minimum atomic E-state index is 0.795. The van der Waals surface area contributed by atoms with Gasteiger partial charge in [0.15, 0.2) is 5.96 Å². The van der Waals surface area contributed by atoms with Gasteiger partial charge >= 0.3 is 0 Å². The number of nitrogens with zero attached hydrogens (tertiary/aromatic N) is 4. The summed E-state index contributed by atoms with van der Waals surface area (Å²) in [6.07, 6.45) is 10.1. The molecule has 0 radical (unpaired) electrons. The highest BCUT2D eigenvalue weighted by atomic mass is 16.5. The van der Waals surface area contributed by atoms with Crippen LogP contribution in [0.2, 0.25) is 0 Å². The number of aryl methyl sites for hydroxylation is 3. The smallest absolute Gasteiger partial charge is 0.191 e. The molecule has 0 aliphatic carbocycles. The molecule has 0 unspecified atom stereocenters. The normalized spacial score (nSPS) is 14.1. The van der Waals surface area contributed by atoms with Crippen LogP contribution in [-0.2, 0) is 25.8 Å². The van der Waals surface area contributed by atoms with Gasteiger partial charge in [-0.3, -0.25) is 4.99 Å². The van der Waals surface area contributed by atoms with Crippen molar-refractivity contribution < 1.29 is 4.74 Å². The van der Waals surface area contributed by atoms with Gasteiger partial charge in [0.05, 0.1) is 7.11 Å². The number of nitrogens with one attached hydrogen (secondary N) is 2. The first-order chi connectivity index (χ1) is 15.3. The van der Waals surface area contributed by atoms with Gasteiger partial charge in [0, 0.05) is 39.0 Å². The molecule has 3 rings (SSSR count). The summed E-state index contributed by atoms with van der Waals surface area (Å²) >= 11 is 0. The van der Waals surface area contributed by atoms with Gasteiger partial charge in [-0.15, -0.1) is 10.2 Å². The first kappa shape index (κ1) is 23.1. The summed E-state index contributed by atoms with van der Waals surface area (Å²) in [7, 11) is 1.70. The van der Waals surface area contributed by atoms with E-state index in [0.717, 1.165) is 82.2 Å². The van der Waals surface area contributed by atoms with E-state index in [1.165, 1.54) is 30.7 Å². The average molecular weight is 427 g/mol. The average Bonchev–Trinajstić information content (AvgIpc) is 3.02. The van der Waals surface area contributed by atoms with Crippen LogP contribution in [0, 0.1) is 0 Å². The van der Waals surface area contributed by atoms with Crippen LogP contribution in [0.4, 0.5) is 0 Å². The molecule has 0 bridgehead atoms. The molecule has 0 saturated carbocycles. The summed E-state index contributed by atoms with van der Waals surface area (Å²) < 4.78 is 7.55. The van der Waals surface area contributed by atoms with E-state index in [4.69, 9.17) is 9.73 Å². The quantitative estimate of drug-likeness (QED) is 0.327. The number of hydrogen-bond donors (Lipinski definition) is 2. The van der Waals surface area contributed by atoms with Crippen LogP contribution in [0.1, 0.15) is 62.7 Å². The summed E-state index contributed by atoms with van der Waals surface area (Å²) in [6, 6.07) is 8.35. The van der Waals surface area contributed by atoms with Gasteiger partial charge in [0.2, 0.25) is 0 Å². The molecular weight excluding hydrogens is 388 g/mol. The number of methoxy groups -OCH3 is 1. The fourth-order valence-electron chi connectivity index (χ4n) is 3.95. The molecule has 1 aromatic heterocycles. The summed E-state index contributed by atoms with van der Waals surface area (Å²) in [5, 5.41) is 15.6. The topological polar surface area (TPSA) is 76.4 Å². The Bertz CT molecular complexity index is 799. The molecule has 2 heterocycles. The highest BCUT2D eigenvalue weighted by Gasteiger charge is 2.14. The van der Waals surface area contributed by atoms with Crippen molar-refractivity contribution in [1.29, 1.82) is 0 Å². The third-order valence-electron chi connectivity index (χ3n) is 5.70. The van der Waals surface area contributed by atoms with Gasteiger partial charge in [-0.05, 0) is 63.1 Å². The molecule has 1 aliphatic rings. The van der Waals surface area contributed by atoms with Crippen LogP contribution in [0.25, 0.3) is 0 Å². The molecule has 0 saturated heterocycles. The Balaban J connectivity index is 1.35.